The summed E-state index contributed by atoms with van der Waals surface area (Å²) in [7, 11) is 0. The summed E-state index contributed by atoms with van der Waals surface area (Å²) in [6.07, 6.45) is 6.76. The van der Waals surface area contributed by atoms with Gasteiger partial charge in [-0.3, -0.25) is 19.5 Å². The Hall–Kier alpha value is -4.24. The molecule has 0 fully saturated rings. The SMILES string of the molecule is CC(C)C[C@H]1NC(=O)CN(Cc2ccnc3ccccc23)CCCOc2cccc(c2)-c2nccn2CCNC1=O. The summed E-state index contributed by atoms with van der Waals surface area (Å²) < 4.78 is 8.14. The first-order valence-corrected chi connectivity index (χ1v) is 14.3. The van der Waals surface area contributed by atoms with Crippen molar-refractivity contribution in [2.75, 3.05) is 26.2 Å². The van der Waals surface area contributed by atoms with Crippen molar-refractivity contribution in [1.29, 1.82) is 0 Å². The molecule has 2 N–H and O–H groups in total. The van der Waals surface area contributed by atoms with Gasteiger partial charge < -0.3 is 19.9 Å². The highest BCUT2D eigenvalue weighted by atomic mass is 16.5. The molecule has 2 amide bonds. The van der Waals surface area contributed by atoms with Crippen LogP contribution < -0.4 is 15.4 Å². The lowest BCUT2D eigenvalue weighted by atomic mass is 10.0. The van der Waals surface area contributed by atoms with Gasteiger partial charge in [0.05, 0.1) is 18.7 Å². The van der Waals surface area contributed by atoms with Crippen LogP contribution >= 0.6 is 0 Å². The van der Waals surface area contributed by atoms with Crippen LogP contribution in [0.3, 0.4) is 0 Å². The molecule has 2 bridgehead atoms. The Morgan fingerprint density at radius 1 is 1.02 bits per heavy atom. The van der Waals surface area contributed by atoms with E-state index < -0.39 is 6.04 Å². The Labute approximate surface area is 240 Å². The van der Waals surface area contributed by atoms with E-state index in [0.717, 1.165) is 40.0 Å². The Balaban J connectivity index is 1.39. The number of benzene rings is 2. The fourth-order valence-corrected chi connectivity index (χ4v) is 5.27. The van der Waals surface area contributed by atoms with Crippen molar-refractivity contribution in [1.82, 2.24) is 30.1 Å². The lowest BCUT2D eigenvalue weighted by Crippen LogP contribution is -2.50. The molecule has 2 aromatic heterocycles. The van der Waals surface area contributed by atoms with Crippen molar-refractivity contribution in [2.45, 2.75) is 45.8 Å². The van der Waals surface area contributed by atoms with Gasteiger partial charge in [0, 0.05) is 55.7 Å². The van der Waals surface area contributed by atoms with E-state index in [1.165, 1.54) is 0 Å². The molecule has 3 heterocycles. The number of para-hydroxylation sites is 1. The number of hydrogen-bond acceptors (Lipinski definition) is 6. The molecule has 0 unspecified atom stereocenters. The molecule has 0 saturated heterocycles. The van der Waals surface area contributed by atoms with Crippen LogP contribution in [-0.2, 0) is 22.7 Å². The van der Waals surface area contributed by atoms with Gasteiger partial charge in [0.1, 0.15) is 17.6 Å². The number of fused-ring (bicyclic) bond motifs is 5. The third-order valence-electron chi connectivity index (χ3n) is 7.21. The Morgan fingerprint density at radius 2 is 1.90 bits per heavy atom. The molecule has 0 saturated carbocycles. The largest absolute Gasteiger partial charge is 0.494 e. The maximum absolute atomic E-state index is 13.3. The van der Waals surface area contributed by atoms with E-state index in [1.54, 1.807) is 6.20 Å². The van der Waals surface area contributed by atoms with Gasteiger partial charge in [-0.15, -0.1) is 0 Å². The van der Waals surface area contributed by atoms with E-state index >= 15 is 0 Å². The van der Waals surface area contributed by atoms with Crippen LogP contribution in [0, 0.1) is 5.92 Å². The highest BCUT2D eigenvalue weighted by molar-refractivity contribution is 5.88. The third kappa shape index (κ3) is 7.49. The van der Waals surface area contributed by atoms with E-state index in [-0.39, 0.29) is 24.3 Å². The van der Waals surface area contributed by atoms with Gasteiger partial charge in [0.15, 0.2) is 0 Å². The monoisotopic (exact) mass is 554 g/mol. The molecule has 0 spiro atoms. The molecule has 1 aliphatic rings. The van der Waals surface area contributed by atoms with Gasteiger partial charge in [-0.2, -0.15) is 0 Å². The number of imidazole rings is 1. The average molecular weight is 555 g/mol. The summed E-state index contributed by atoms with van der Waals surface area (Å²) in [6, 6.07) is 17.3. The smallest absolute Gasteiger partial charge is 0.242 e. The van der Waals surface area contributed by atoms with E-state index in [9.17, 15) is 9.59 Å². The van der Waals surface area contributed by atoms with Crippen LogP contribution in [0.4, 0.5) is 0 Å². The van der Waals surface area contributed by atoms with Crippen molar-refractivity contribution < 1.29 is 14.3 Å². The van der Waals surface area contributed by atoms with E-state index in [2.05, 4.69) is 45.4 Å². The number of ether oxygens (including phenoxy) is 1. The quantitative estimate of drug-likeness (QED) is 0.395. The number of carbonyl (C=O) groups is 2. The van der Waals surface area contributed by atoms with E-state index in [1.807, 2.05) is 65.5 Å². The number of nitrogens with zero attached hydrogens (tertiary/aromatic N) is 4. The Kier molecular flexibility index (Phi) is 9.26. The second kappa shape index (κ2) is 13.4. The van der Waals surface area contributed by atoms with Crippen LogP contribution in [0.25, 0.3) is 22.3 Å². The zero-order valence-electron chi connectivity index (χ0n) is 23.8. The molecular weight excluding hydrogens is 516 g/mol. The fourth-order valence-electron chi connectivity index (χ4n) is 5.27. The topological polar surface area (TPSA) is 101 Å². The summed E-state index contributed by atoms with van der Waals surface area (Å²) in [5.74, 6) is 1.49. The first-order chi connectivity index (χ1) is 20.0. The van der Waals surface area contributed by atoms with Gasteiger partial charge in [-0.25, -0.2) is 4.98 Å². The lowest BCUT2D eigenvalue weighted by Gasteiger charge is -2.25. The highest BCUT2D eigenvalue weighted by Crippen LogP contribution is 2.23. The zero-order chi connectivity index (χ0) is 28.6. The first kappa shape index (κ1) is 28.3. The second-order valence-corrected chi connectivity index (χ2v) is 10.9. The summed E-state index contributed by atoms with van der Waals surface area (Å²) in [5, 5.41) is 7.11. The molecule has 9 heteroatoms. The van der Waals surface area contributed by atoms with Crippen molar-refractivity contribution in [3.8, 4) is 17.1 Å². The van der Waals surface area contributed by atoms with Gasteiger partial charge in [-0.05, 0) is 48.6 Å². The predicted molar refractivity (Wildman–Crippen MR) is 159 cm³/mol. The number of pyridine rings is 1. The van der Waals surface area contributed by atoms with Gasteiger partial charge in [-0.1, -0.05) is 44.2 Å². The molecule has 4 aromatic rings. The number of aromatic nitrogens is 3. The van der Waals surface area contributed by atoms with Crippen molar-refractivity contribution in [3.63, 3.8) is 0 Å². The number of amides is 2. The minimum atomic E-state index is -0.604. The zero-order valence-corrected chi connectivity index (χ0v) is 23.8. The fraction of sp³-hybridized carbons (Fsp3) is 0.375. The van der Waals surface area contributed by atoms with Crippen molar-refractivity contribution in [3.05, 3.63) is 78.8 Å². The maximum Gasteiger partial charge on any atom is 0.242 e. The number of carbonyl (C=O) groups excluding carboxylic acids is 2. The number of hydrogen-bond donors (Lipinski definition) is 2. The minimum Gasteiger partial charge on any atom is -0.494 e. The maximum atomic E-state index is 13.3. The number of rotatable bonds is 4. The minimum absolute atomic E-state index is 0.170. The summed E-state index contributed by atoms with van der Waals surface area (Å²) >= 11 is 0. The summed E-state index contributed by atoms with van der Waals surface area (Å²) in [6.45, 7) is 6.99. The molecule has 214 valence electrons. The van der Waals surface area contributed by atoms with Crippen LogP contribution in [0.5, 0.6) is 5.75 Å². The normalized spacial score (nSPS) is 17.7. The second-order valence-electron chi connectivity index (χ2n) is 10.9. The summed E-state index contributed by atoms with van der Waals surface area (Å²) in [5.41, 5.74) is 2.98. The molecule has 41 heavy (non-hydrogen) atoms. The van der Waals surface area contributed by atoms with Gasteiger partial charge in [0.2, 0.25) is 11.8 Å². The summed E-state index contributed by atoms with van der Waals surface area (Å²) in [4.78, 5) is 37.7. The molecule has 1 atom stereocenters. The molecule has 2 aromatic carbocycles. The van der Waals surface area contributed by atoms with Crippen LogP contribution in [0.2, 0.25) is 0 Å². The molecular formula is C32H38N6O3. The average Bonchev–Trinajstić information content (AvgIpc) is 3.43. The van der Waals surface area contributed by atoms with Crippen molar-refractivity contribution >= 4 is 22.7 Å². The van der Waals surface area contributed by atoms with E-state index in [4.69, 9.17) is 4.74 Å². The lowest BCUT2D eigenvalue weighted by molar-refractivity contribution is -0.130. The Morgan fingerprint density at radius 3 is 2.78 bits per heavy atom. The van der Waals surface area contributed by atoms with Gasteiger partial charge in [0.25, 0.3) is 0 Å². The standard InChI is InChI=1S/C32H38N6O3/c1-23(2)19-29-32(40)35-14-17-38-16-13-34-31(38)24-7-5-8-26(20-24)41-18-6-15-37(22-30(39)36-29)21-25-11-12-33-28-10-4-3-9-27(25)28/h3-5,7-13,16,20,23,29H,6,14-15,17-19,21-22H2,1-2H3,(H,35,40)(H,36,39)/t29-/m1/s1. The van der Waals surface area contributed by atoms with Crippen LogP contribution in [-0.4, -0.2) is 63.5 Å². The van der Waals surface area contributed by atoms with Crippen LogP contribution in [0.15, 0.2) is 73.2 Å². The van der Waals surface area contributed by atoms with Crippen LogP contribution in [0.1, 0.15) is 32.3 Å². The molecule has 1 aliphatic heterocycles. The third-order valence-corrected chi connectivity index (χ3v) is 7.21. The van der Waals surface area contributed by atoms with Gasteiger partial charge >= 0.3 is 0 Å². The Bertz CT molecular complexity index is 1480. The molecule has 9 nitrogen and oxygen atoms in total. The molecule has 0 aliphatic carbocycles. The molecule has 0 radical (unpaired) electrons. The van der Waals surface area contributed by atoms with Crippen molar-refractivity contribution in [2.24, 2.45) is 5.92 Å². The predicted octanol–water partition coefficient (Wildman–Crippen LogP) is 4.03. The molecule has 5 rings (SSSR count). The van der Waals surface area contributed by atoms with E-state index in [0.29, 0.717) is 39.2 Å². The number of nitrogens with one attached hydrogen (secondary N) is 2. The first-order valence-electron chi connectivity index (χ1n) is 14.3. The highest BCUT2D eigenvalue weighted by Gasteiger charge is 2.23.